The summed E-state index contributed by atoms with van der Waals surface area (Å²) in [5, 5.41) is 0. The van der Waals surface area contributed by atoms with Crippen molar-refractivity contribution in [3.05, 3.63) is 22.2 Å². The molecule has 0 atom stereocenters. The van der Waals surface area contributed by atoms with E-state index < -0.39 is 0 Å². The fourth-order valence-corrected chi connectivity index (χ4v) is 4.22. The summed E-state index contributed by atoms with van der Waals surface area (Å²) in [5.74, 6) is 1.79. The predicted molar refractivity (Wildman–Crippen MR) is 83.6 cm³/mol. The molecule has 1 aliphatic carbocycles. The van der Waals surface area contributed by atoms with E-state index in [9.17, 15) is 0 Å². The predicted octanol–water partition coefficient (Wildman–Crippen LogP) is 3.77. The zero-order chi connectivity index (χ0) is 14.0. The molecule has 1 fully saturated rings. The first-order chi connectivity index (χ1) is 9.77. The minimum absolute atomic E-state index is 0.0378. The van der Waals surface area contributed by atoms with Crippen molar-refractivity contribution in [3.63, 3.8) is 0 Å². The Hall–Kier alpha value is -0.740. The van der Waals surface area contributed by atoms with Crippen LogP contribution >= 0.6 is 15.9 Å². The van der Waals surface area contributed by atoms with Crippen LogP contribution in [0.2, 0.25) is 0 Å². The average Bonchev–Trinajstić information content (AvgIpc) is 2.73. The van der Waals surface area contributed by atoms with Crippen LogP contribution in [-0.4, -0.2) is 19.8 Å². The smallest absolute Gasteiger partial charge is 0.166 e. The molecule has 1 heterocycles. The molecule has 2 aliphatic rings. The van der Waals surface area contributed by atoms with Crippen LogP contribution in [0.4, 0.5) is 0 Å². The van der Waals surface area contributed by atoms with Crippen LogP contribution in [0.15, 0.2) is 16.6 Å². The van der Waals surface area contributed by atoms with E-state index in [0.29, 0.717) is 6.54 Å². The molecule has 3 rings (SSSR count). The van der Waals surface area contributed by atoms with E-state index in [1.807, 2.05) is 6.07 Å². The van der Waals surface area contributed by atoms with Gasteiger partial charge in [0.25, 0.3) is 0 Å². The fraction of sp³-hybridized carbons (Fsp3) is 0.625. The van der Waals surface area contributed by atoms with E-state index in [4.69, 9.17) is 15.2 Å². The largest absolute Gasteiger partial charge is 0.490 e. The first-order valence-corrected chi connectivity index (χ1v) is 8.35. The molecule has 0 amide bonds. The molecular formula is C16H22BrNO2. The second-order valence-electron chi connectivity index (χ2n) is 5.85. The number of ether oxygens (including phenoxy) is 2. The molecule has 110 valence electrons. The Balaban J connectivity index is 2.11. The number of hydrogen-bond acceptors (Lipinski definition) is 3. The summed E-state index contributed by atoms with van der Waals surface area (Å²) >= 11 is 3.72. The number of rotatable bonds is 2. The standard InChI is InChI=1S/C16H22BrNO2/c17-12-5-6-13-15(20-10-4-9-19-13)14(12)16(11-18)7-2-1-3-8-16/h5-6H,1-4,7-11,18H2. The molecule has 4 heteroatoms. The van der Waals surface area contributed by atoms with Crippen LogP contribution in [0, 0.1) is 0 Å². The van der Waals surface area contributed by atoms with E-state index >= 15 is 0 Å². The van der Waals surface area contributed by atoms with E-state index in [1.54, 1.807) is 0 Å². The van der Waals surface area contributed by atoms with Gasteiger partial charge in [-0.05, 0) is 25.0 Å². The van der Waals surface area contributed by atoms with Gasteiger partial charge in [0.2, 0.25) is 0 Å². The van der Waals surface area contributed by atoms with Crippen molar-refractivity contribution >= 4 is 15.9 Å². The van der Waals surface area contributed by atoms with Crippen LogP contribution in [-0.2, 0) is 5.41 Å². The van der Waals surface area contributed by atoms with Crippen molar-refractivity contribution in [2.75, 3.05) is 19.8 Å². The van der Waals surface area contributed by atoms with E-state index in [1.165, 1.54) is 24.8 Å². The highest BCUT2D eigenvalue weighted by atomic mass is 79.9. The van der Waals surface area contributed by atoms with Crippen molar-refractivity contribution in [1.82, 2.24) is 0 Å². The summed E-state index contributed by atoms with van der Waals surface area (Å²) in [5.41, 5.74) is 7.47. The molecule has 0 radical (unpaired) electrons. The third kappa shape index (κ3) is 2.44. The molecule has 1 aromatic rings. The van der Waals surface area contributed by atoms with Gasteiger partial charge in [0.1, 0.15) is 0 Å². The van der Waals surface area contributed by atoms with Crippen LogP contribution in [0.25, 0.3) is 0 Å². The minimum Gasteiger partial charge on any atom is -0.490 e. The van der Waals surface area contributed by atoms with E-state index in [-0.39, 0.29) is 5.41 Å². The van der Waals surface area contributed by atoms with Gasteiger partial charge in [0.05, 0.1) is 13.2 Å². The molecular weight excluding hydrogens is 318 g/mol. The van der Waals surface area contributed by atoms with Crippen LogP contribution in [0.3, 0.4) is 0 Å². The van der Waals surface area contributed by atoms with Gasteiger partial charge in [-0.1, -0.05) is 35.2 Å². The van der Waals surface area contributed by atoms with Gasteiger partial charge in [-0.3, -0.25) is 0 Å². The van der Waals surface area contributed by atoms with Crippen molar-refractivity contribution in [1.29, 1.82) is 0 Å². The Morgan fingerprint density at radius 1 is 1.05 bits per heavy atom. The Morgan fingerprint density at radius 2 is 1.80 bits per heavy atom. The van der Waals surface area contributed by atoms with Crippen LogP contribution in [0.1, 0.15) is 44.1 Å². The van der Waals surface area contributed by atoms with Crippen LogP contribution in [0.5, 0.6) is 11.5 Å². The number of halogens is 1. The fourth-order valence-electron chi connectivity index (χ4n) is 3.49. The quantitative estimate of drug-likeness (QED) is 0.891. The van der Waals surface area contributed by atoms with Gasteiger partial charge in [0, 0.05) is 28.4 Å². The Labute approximate surface area is 129 Å². The number of nitrogens with two attached hydrogens (primary N) is 1. The van der Waals surface area contributed by atoms with Crippen LogP contribution < -0.4 is 15.2 Å². The molecule has 3 nitrogen and oxygen atoms in total. The third-order valence-electron chi connectivity index (χ3n) is 4.60. The molecule has 1 saturated carbocycles. The minimum atomic E-state index is 0.0378. The van der Waals surface area contributed by atoms with Gasteiger partial charge in [-0.25, -0.2) is 0 Å². The zero-order valence-electron chi connectivity index (χ0n) is 11.8. The molecule has 0 bridgehead atoms. The molecule has 1 aromatic carbocycles. The Morgan fingerprint density at radius 3 is 2.55 bits per heavy atom. The molecule has 1 aliphatic heterocycles. The highest BCUT2D eigenvalue weighted by Crippen LogP contribution is 2.49. The highest BCUT2D eigenvalue weighted by molar-refractivity contribution is 9.10. The Bertz CT molecular complexity index is 484. The van der Waals surface area contributed by atoms with E-state index in [0.717, 1.165) is 48.4 Å². The molecule has 0 spiro atoms. The Kier molecular flexibility index (Phi) is 4.22. The molecule has 0 unspecified atom stereocenters. The van der Waals surface area contributed by atoms with E-state index in [2.05, 4.69) is 22.0 Å². The number of fused-ring (bicyclic) bond motifs is 1. The lowest BCUT2D eigenvalue weighted by molar-refractivity contribution is 0.270. The third-order valence-corrected chi connectivity index (χ3v) is 5.26. The highest BCUT2D eigenvalue weighted by Gasteiger charge is 2.38. The molecule has 20 heavy (non-hydrogen) atoms. The van der Waals surface area contributed by atoms with Gasteiger partial charge >= 0.3 is 0 Å². The van der Waals surface area contributed by atoms with Gasteiger partial charge < -0.3 is 15.2 Å². The maximum atomic E-state index is 6.19. The first kappa shape index (κ1) is 14.2. The number of hydrogen-bond donors (Lipinski definition) is 1. The number of benzene rings is 1. The summed E-state index contributed by atoms with van der Waals surface area (Å²) in [7, 11) is 0. The second-order valence-corrected chi connectivity index (χ2v) is 6.70. The lowest BCUT2D eigenvalue weighted by Crippen LogP contribution is -2.38. The van der Waals surface area contributed by atoms with Crippen molar-refractivity contribution in [2.24, 2.45) is 5.73 Å². The van der Waals surface area contributed by atoms with Gasteiger partial charge in [0.15, 0.2) is 11.5 Å². The second kappa shape index (κ2) is 5.94. The zero-order valence-corrected chi connectivity index (χ0v) is 13.4. The molecule has 0 aromatic heterocycles. The van der Waals surface area contributed by atoms with Crippen molar-refractivity contribution < 1.29 is 9.47 Å². The summed E-state index contributed by atoms with van der Waals surface area (Å²) in [6.45, 7) is 2.12. The topological polar surface area (TPSA) is 44.5 Å². The monoisotopic (exact) mass is 339 g/mol. The lowest BCUT2D eigenvalue weighted by Gasteiger charge is -2.38. The molecule has 0 saturated heterocycles. The summed E-state index contributed by atoms with van der Waals surface area (Å²) in [6.07, 6.45) is 7.01. The van der Waals surface area contributed by atoms with Crippen molar-refractivity contribution in [2.45, 2.75) is 43.9 Å². The molecule has 2 N–H and O–H groups in total. The normalized spacial score (nSPS) is 21.3. The summed E-state index contributed by atoms with van der Waals surface area (Å²) < 4.78 is 13.0. The summed E-state index contributed by atoms with van der Waals surface area (Å²) in [6, 6.07) is 4.08. The SMILES string of the molecule is NCC1(c2c(Br)ccc3c2OCCCO3)CCCCC1. The lowest BCUT2D eigenvalue weighted by atomic mass is 9.69. The van der Waals surface area contributed by atoms with Gasteiger partial charge in [-0.2, -0.15) is 0 Å². The maximum absolute atomic E-state index is 6.19. The van der Waals surface area contributed by atoms with Crippen molar-refractivity contribution in [3.8, 4) is 11.5 Å². The average molecular weight is 340 g/mol. The first-order valence-electron chi connectivity index (χ1n) is 7.55. The van der Waals surface area contributed by atoms with Gasteiger partial charge in [-0.15, -0.1) is 0 Å². The summed E-state index contributed by atoms with van der Waals surface area (Å²) in [4.78, 5) is 0. The maximum Gasteiger partial charge on any atom is 0.166 e.